The molecule has 0 saturated carbocycles. The fraction of sp³-hybridized carbons (Fsp3) is 0.412. The highest BCUT2D eigenvalue weighted by Gasteiger charge is 2.27. The average Bonchev–Trinajstić information content (AvgIpc) is 3.22. The third kappa shape index (κ3) is 3.23. The summed E-state index contributed by atoms with van der Waals surface area (Å²) in [4.78, 5) is 14.7. The van der Waals surface area contributed by atoms with Crippen LogP contribution in [0.4, 0.5) is 5.69 Å². The molecule has 2 aliphatic heterocycles. The van der Waals surface area contributed by atoms with Gasteiger partial charge in [-0.1, -0.05) is 15.9 Å². The topological polar surface area (TPSA) is 50.2 Å². The van der Waals surface area contributed by atoms with E-state index < -0.39 is 0 Å². The second-order valence-electron chi connectivity index (χ2n) is 6.16. The van der Waals surface area contributed by atoms with Gasteiger partial charge in [-0.2, -0.15) is 5.10 Å². The van der Waals surface area contributed by atoms with Crippen molar-refractivity contribution in [3.05, 3.63) is 46.2 Å². The van der Waals surface area contributed by atoms with E-state index in [4.69, 9.17) is 0 Å². The van der Waals surface area contributed by atoms with Gasteiger partial charge in [0, 0.05) is 29.4 Å². The Morgan fingerprint density at radius 2 is 2.21 bits per heavy atom. The highest BCUT2D eigenvalue weighted by Crippen LogP contribution is 2.31. The minimum Gasteiger partial charge on any atom is -0.315 e. The zero-order chi connectivity index (χ0) is 15.8. The number of hydrogen-bond donors (Lipinski definition) is 1. The van der Waals surface area contributed by atoms with Gasteiger partial charge in [-0.25, -0.2) is 0 Å². The minimum absolute atomic E-state index is 0. The van der Waals surface area contributed by atoms with E-state index >= 15 is 0 Å². The number of piperidine rings is 1. The molecule has 7 heteroatoms. The van der Waals surface area contributed by atoms with E-state index in [-0.39, 0.29) is 18.3 Å². The van der Waals surface area contributed by atoms with Gasteiger partial charge in [0.15, 0.2) is 5.69 Å². The van der Waals surface area contributed by atoms with Gasteiger partial charge in [0.25, 0.3) is 5.91 Å². The Labute approximate surface area is 155 Å². The van der Waals surface area contributed by atoms with Crippen molar-refractivity contribution < 1.29 is 4.79 Å². The fourth-order valence-electron chi connectivity index (χ4n) is 3.43. The third-order valence-corrected chi connectivity index (χ3v) is 5.15. The Bertz CT molecular complexity index is 742. The number of hydrogen-bond acceptors (Lipinski definition) is 3. The van der Waals surface area contributed by atoms with Gasteiger partial charge in [-0.15, -0.1) is 12.4 Å². The summed E-state index contributed by atoms with van der Waals surface area (Å²) in [5.41, 5.74) is 2.75. The van der Waals surface area contributed by atoms with Crippen molar-refractivity contribution >= 4 is 39.9 Å². The molecule has 1 saturated heterocycles. The van der Waals surface area contributed by atoms with Gasteiger partial charge in [0.05, 0.1) is 6.04 Å². The predicted octanol–water partition coefficient (Wildman–Crippen LogP) is 3.19. The highest BCUT2D eigenvalue weighted by atomic mass is 79.9. The van der Waals surface area contributed by atoms with Crippen LogP contribution in [0.2, 0.25) is 0 Å². The summed E-state index contributed by atoms with van der Waals surface area (Å²) in [7, 11) is 0. The first-order valence-corrected chi connectivity index (χ1v) is 8.88. The number of amides is 1. The van der Waals surface area contributed by atoms with Crippen LogP contribution in [-0.2, 0) is 6.42 Å². The van der Waals surface area contributed by atoms with Crippen molar-refractivity contribution in [3.8, 4) is 0 Å². The monoisotopic (exact) mass is 410 g/mol. The number of anilines is 1. The Morgan fingerprint density at radius 1 is 1.33 bits per heavy atom. The molecule has 2 aromatic rings. The van der Waals surface area contributed by atoms with Crippen LogP contribution in [0.25, 0.3) is 0 Å². The number of nitrogens with zero attached hydrogens (tertiary/aromatic N) is 3. The van der Waals surface area contributed by atoms with E-state index in [1.54, 1.807) is 0 Å². The first-order valence-electron chi connectivity index (χ1n) is 8.08. The van der Waals surface area contributed by atoms with Crippen molar-refractivity contribution in [2.45, 2.75) is 25.3 Å². The Kier molecular flexibility index (Phi) is 5.27. The van der Waals surface area contributed by atoms with E-state index in [0.717, 1.165) is 49.1 Å². The molecule has 1 atom stereocenters. The quantitative estimate of drug-likeness (QED) is 0.825. The van der Waals surface area contributed by atoms with Crippen molar-refractivity contribution in [3.63, 3.8) is 0 Å². The number of carbonyl (C=O) groups excluding carboxylic acids is 1. The van der Waals surface area contributed by atoms with Crippen LogP contribution < -0.4 is 10.2 Å². The summed E-state index contributed by atoms with van der Waals surface area (Å²) in [5.74, 6) is -0.00593. The van der Waals surface area contributed by atoms with Gasteiger partial charge in [0.2, 0.25) is 0 Å². The molecule has 1 fully saturated rings. The van der Waals surface area contributed by atoms with E-state index in [2.05, 4.69) is 32.4 Å². The summed E-state index contributed by atoms with van der Waals surface area (Å²) in [6, 6.07) is 8.28. The normalized spacial score (nSPS) is 19.7. The Hall–Kier alpha value is -1.37. The zero-order valence-corrected chi connectivity index (χ0v) is 15.6. The second kappa shape index (κ2) is 7.25. The largest absolute Gasteiger partial charge is 0.315 e. The van der Waals surface area contributed by atoms with E-state index in [1.807, 2.05) is 34.0 Å². The molecule has 4 rings (SSSR count). The number of rotatable bonds is 2. The van der Waals surface area contributed by atoms with Gasteiger partial charge < -0.3 is 10.2 Å². The molecule has 128 valence electrons. The van der Waals surface area contributed by atoms with Gasteiger partial charge in [-0.05, 0) is 55.6 Å². The summed E-state index contributed by atoms with van der Waals surface area (Å²) in [5, 5.41) is 7.93. The summed E-state index contributed by atoms with van der Waals surface area (Å²) >= 11 is 3.49. The molecule has 0 spiro atoms. The lowest BCUT2D eigenvalue weighted by atomic mass is 10.1. The molecule has 2 aliphatic rings. The molecule has 3 heterocycles. The van der Waals surface area contributed by atoms with Crippen LogP contribution in [0.3, 0.4) is 0 Å². The summed E-state index contributed by atoms with van der Waals surface area (Å²) in [6.07, 6.45) is 5.10. The van der Waals surface area contributed by atoms with Crippen LogP contribution in [-0.4, -0.2) is 35.3 Å². The number of carbonyl (C=O) groups is 1. The van der Waals surface area contributed by atoms with Crippen LogP contribution in [0.15, 0.2) is 34.9 Å². The molecule has 1 aromatic heterocycles. The van der Waals surface area contributed by atoms with Crippen molar-refractivity contribution in [1.29, 1.82) is 0 Å². The molecule has 1 amide bonds. The van der Waals surface area contributed by atoms with E-state index in [9.17, 15) is 4.79 Å². The lowest BCUT2D eigenvalue weighted by Crippen LogP contribution is -2.32. The molecular weight excluding hydrogens is 392 g/mol. The number of benzene rings is 1. The van der Waals surface area contributed by atoms with E-state index in [1.165, 1.54) is 5.56 Å². The van der Waals surface area contributed by atoms with Gasteiger partial charge in [-0.3, -0.25) is 9.48 Å². The average molecular weight is 412 g/mol. The molecule has 0 aliphatic carbocycles. The third-order valence-electron chi connectivity index (χ3n) is 4.65. The van der Waals surface area contributed by atoms with Crippen molar-refractivity contribution in [1.82, 2.24) is 15.1 Å². The first kappa shape index (κ1) is 17.5. The Morgan fingerprint density at radius 3 is 3.00 bits per heavy atom. The lowest BCUT2D eigenvalue weighted by molar-refractivity contribution is 0.0983. The summed E-state index contributed by atoms with van der Waals surface area (Å²) in [6.45, 7) is 2.72. The van der Waals surface area contributed by atoms with Crippen LogP contribution >= 0.6 is 28.3 Å². The van der Waals surface area contributed by atoms with Gasteiger partial charge >= 0.3 is 0 Å². The number of aromatic nitrogens is 2. The first-order chi connectivity index (χ1) is 11.2. The summed E-state index contributed by atoms with van der Waals surface area (Å²) < 4.78 is 3.00. The molecule has 24 heavy (non-hydrogen) atoms. The number of nitrogens with one attached hydrogen (secondary N) is 1. The van der Waals surface area contributed by atoms with Crippen LogP contribution in [0.1, 0.15) is 34.9 Å². The van der Waals surface area contributed by atoms with Crippen molar-refractivity contribution in [2.75, 3.05) is 24.5 Å². The molecule has 1 aromatic carbocycles. The lowest BCUT2D eigenvalue weighted by Gasteiger charge is -2.23. The van der Waals surface area contributed by atoms with E-state index in [0.29, 0.717) is 11.7 Å². The maximum absolute atomic E-state index is 12.8. The molecule has 0 bridgehead atoms. The smallest absolute Gasteiger partial charge is 0.278 e. The zero-order valence-electron chi connectivity index (χ0n) is 13.2. The Balaban J connectivity index is 0.00000169. The maximum Gasteiger partial charge on any atom is 0.278 e. The SMILES string of the molecule is Cl.O=C(c1ccn(C2CCCNC2)n1)N1CCc2cc(Br)ccc21. The fourth-order valence-corrected chi connectivity index (χ4v) is 3.84. The molecule has 1 N–H and O–H groups in total. The van der Waals surface area contributed by atoms with Crippen LogP contribution in [0, 0.1) is 0 Å². The highest BCUT2D eigenvalue weighted by molar-refractivity contribution is 9.10. The van der Waals surface area contributed by atoms with Crippen LogP contribution in [0.5, 0.6) is 0 Å². The number of halogens is 2. The molecule has 0 radical (unpaired) electrons. The second-order valence-corrected chi connectivity index (χ2v) is 7.08. The number of fused-ring (bicyclic) bond motifs is 1. The van der Waals surface area contributed by atoms with Crippen molar-refractivity contribution in [2.24, 2.45) is 0 Å². The standard InChI is InChI=1S/C17H19BrN4O.ClH/c18-13-3-4-16-12(10-13)5-8-21(16)17(23)15-6-9-22(20-15)14-2-1-7-19-11-14;/h3-4,6,9-10,14,19H,1-2,5,7-8,11H2;1H. The predicted molar refractivity (Wildman–Crippen MR) is 100 cm³/mol. The minimum atomic E-state index is -0.00593. The maximum atomic E-state index is 12.8. The molecular formula is C17H20BrClN4O. The molecule has 5 nitrogen and oxygen atoms in total. The molecule has 1 unspecified atom stereocenters. The van der Waals surface area contributed by atoms with Gasteiger partial charge in [0.1, 0.15) is 0 Å².